The molecule has 0 aliphatic rings. The van der Waals surface area contributed by atoms with Gasteiger partial charge in [-0.1, -0.05) is 13.3 Å². The van der Waals surface area contributed by atoms with Crippen molar-refractivity contribution in [2.24, 2.45) is 0 Å². The van der Waals surface area contributed by atoms with Gasteiger partial charge in [-0.15, -0.1) is 11.3 Å². The molecule has 0 aliphatic heterocycles. The number of rotatable bonds is 9. The van der Waals surface area contributed by atoms with Gasteiger partial charge >= 0.3 is 5.97 Å². The van der Waals surface area contributed by atoms with E-state index in [1.54, 1.807) is 6.07 Å². The van der Waals surface area contributed by atoms with Crippen molar-refractivity contribution in [3.63, 3.8) is 0 Å². The maximum absolute atomic E-state index is 11.8. The van der Waals surface area contributed by atoms with Crippen LogP contribution in [-0.2, 0) is 11.2 Å². The van der Waals surface area contributed by atoms with Crippen LogP contribution in [0.2, 0.25) is 0 Å². The predicted octanol–water partition coefficient (Wildman–Crippen LogP) is 0.323. The summed E-state index contributed by atoms with van der Waals surface area (Å²) in [6.07, 6.45) is -2.24. The Balaban J connectivity index is 2.35. The van der Waals surface area contributed by atoms with Gasteiger partial charge in [-0.25, -0.2) is 4.79 Å². The smallest absolute Gasteiger partial charge is 0.348 e. The lowest BCUT2D eigenvalue weighted by atomic mass is 10.1. The van der Waals surface area contributed by atoms with Crippen LogP contribution < -0.4 is 0 Å². The number of carbonyl (C=O) groups is 1. The van der Waals surface area contributed by atoms with E-state index in [-0.39, 0.29) is 13.0 Å². The molecule has 1 rings (SSSR count). The van der Waals surface area contributed by atoms with Gasteiger partial charge in [0.2, 0.25) is 0 Å². The van der Waals surface area contributed by atoms with Crippen LogP contribution in [0, 0.1) is 0 Å². The Labute approximate surface area is 127 Å². The Hall–Kier alpha value is -0.990. The molecule has 120 valence electrons. The highest BCUT2D eigenvalue weighted by atomic mass is 32.1. The molecule has 1 heterocycles. The Morgan fingerprint density at radius 1 is 1.29 bits per heavy atom. The minimum absolute atomic E-state index is 0.0167. The van der Waals surface area contributed by atoms with Crippen molar-refractivity contribution >= 4 is 17.3 Å². The number of aliphatic hydroxyl groups is 4. The second kappa shape index (κ2) is 9.11. The van der Waals surface area contributed by atoms with E-state index in [2.05, 4.69) is 6.92 Å². The molecular formula is C14H22O6S. The summed E-state index contributed by atoms with van der Waals surface area (Å²) in [5.41, 5.74) is 0. The largest absolute Gasteiger partial charge is 0.461 e. The van der Waals surface area contributed by atoms with E-state index in [9.17, 15) is 20.1 Å². The number of ether oxygens (including phenoxy) is 1. The normalized spacial score (nSPS) is 15.5. The van der Waals surface area contributed by atoms with Gasteiger partial charge in [-0.05, 0) is 18.6 Å². The predicted molar refractivity (Wildman–Crippen MR) is 78.3 cm³/mol. The quantitative estimate of drug-likeness (QED) is 0.489. The lowest BCUT2D eigenvalue weighted by Crippen LogP contribution is -2.40. The van der Waals surface area contributed by atoms with E-state index in [4.69, 9.17) is 9.84 Å². The van der Waals surface area contributed by atoms with Gasteiger partial charge in [0.1, 0.15) is 17.1 Å². The Bertz CT molecular complexity index is 433. The number of hydrogen-bond donors (Lipinski definition) is 4. The molecule has 0 saturated carbocycles. The average molecular weight is 318 g/mol. The third-order valence-electron chi connectivity index (χ3n) is 2.98. The number of esters is 1. The van der Waals surface area contributed by atoms with Crippen LogP contribution in [0.5, 0.6) is 0 Å². The minimum Gasteiger partial charge on any atom is -0.461 e. The molecular weight excluding hydrogens is 296 g/mol. The number of carbonyl (C=O) groups excluding carboxylic acids is 1. The zero-order valence-electron chi connectivity index (χ0n) is 11.9. The van der Waals surface area contributed by atoms with Crippen LogP contribution in [-0.4, -0.2) is 57.9 Å². The van der Waals surface area contributed by atoms with Crippen LogP contribution in [0.4, 0.5) is 0 Å². The van der Waals surface area contributed by atoms with Gasteiger partial charge < -0.3 is 25.2 Å². The number of aliphatic hydroxyl groups excluding tert-OH is 4. The molecule has 0 aromatic carbocycles. The highest BCUT2D eigenvalue weighted by Crippen LogP contribution is 2.19. The molecule has 0 spiro atoms. The maximum Gasteiger partial charge on any atom is 0.348 e. The third-order valence-corrected chi connectivity index (χ3v) is 4.11. The van der Waals surface area contributed by atoms with Crippen LogP contribution in [0.3, 0.4) is 0 Å². The second-order valence-electron chi connectivity index (χ2n) is 4.75. The van der Waals surface area contributed by atoms with Crippen molar-refractivity contribution in [3.05, 3.63) is 21.9 Å². The third kappa shape index (κ3) is 5.72. The van der Waals surface area contributed by atoms with Gasteiger partial charge in [0.05, 0.1) is 19.3 Å². The molecule has 1 aromatic rings. The first-order valence-electron chi connectivity index (χ1n) is 6.90. The first-order chi connectivity index (χ1) is 9.99. The van der Waals surface area contributed by atoms with Gasteiger partial charge in [0.25, 0.3) is 0 Å². The summed E-state index contributed by atoms with van der Waals surface area (Å²) in [5.74, 6) is -0.466. The molecule has 6 nitrogen and oxygen atoms in total. The molecule has 0 bridgehead atoms. The van der Waals surface area contributed by atoms with Gasteiger partial charge in [0, 0.05) is 11.3 Å². The van der Waals surface area contributed by atoms with E-state index < -0.39 is 30.9 Å². The van der Waals surface area contributed by atoms with Gasteiger partial charge in [0.15, 0.2) is 0 Å². The molecule has 21 heavy (non-hydrogen) atoms. The van der Waals surface area contributed by atoms with Crippen LogP contribution in [0.25, 0.3) is 0 Å². The summed E-state index contributed by atoms with van der Waals surface area (Å²) in [6, 6.07) is 3.60. The highest BCUT2D eigenvalue weighted by molar-refractivity contribution is 7.13. The average Bonchev–Trinajstić information content (AvgIpc) is 2.94. The van der Waals surface area contributed by atoms with Crippen LogP contribution in [0.1, 0.15) is 34.3 Å². The molecule has 0 aliphatic carbocycles. The van der Waals surface area contributed by atoms with E-state index in [0.717, 1.165) is 17.7 Å². The highest BCUT2D eigenvalue weighted by Gasteiger charge is 2.24. The number of thiophene rings is 1. The topological polar surface area (TPSA) is 107 Å². The monoisotopic (exact) mass is 318 g/mol. The fraction of sp³-hybridized carbons (Fsp3) is 0.643. The van der Waals surface area contributed by atoms with E-state index in [1.165, 1.54) is 11.3 Å². The van der Waals surface area contributed by atoms with Crippen molar-refractivity contribution < 1.29 is 30.0 Å². The summed E-state index contributed by atoms with van der Waals surface area (Å²) in [6.45, 7) is 1.34. The van der Waals surface area contributed by atoms with Crippen molar-refractivity contribution in [1.29, 1.82) is 0 Å². The van der Waals surface area contributed by atoms with Crippen molar-refractivity contribution in [1.82, 2.24) is 0 Å². The molecule has 0 radical (unpaired) electrons. The summed E-state index contributed by atoms with van der Waals surface area (Å²) in [4.78, 5) is 13.4. The molecule has 3 atom stereocenters. The number of hydrogen-bond acceptors (Lipinski definition) is 7. The first-order valence-corrected chi connectivity index (χ1v) is 7.72. The molecule has 0 fully saturated rings. The van der Waals surface area contributed by atoms with E-state index in [1.807, 2.05) is 6.07 Å². The molecule has 3 unspecified atom stereocenters. The van der Waals surface area contributed by atoms with E-state index >= 15 is 0 Å². The summed E-state index contributed by atoms with van der Waals surface area (Å²) in [5, 5.41) is 36.8. The molecule has 4 N–H and O–H groups in total. The first kappa shape index (κ1) is 18.1. The fourth-order valence-corrected chi connectivity index (χ4v) is 2.75. The maximum atomic E-state index is 11.8. The van der Waals surface area contributed by atoms with Crippen molar-refractivity contribution in [2.75, 3.05) is 13.2 Å². The Morgan fingerprint density at radius 3 is 2.62 bits per heavy atom. The molecule has 1 aromatic heterocycles. The van der Waals surface area contributed by atoms with Crippen LogP contribution >= 0.6 is 11.3 Å². The van der Waals surface area contributed by atoms with Crippen molar-refractivity contribution in [3.8, 4) is 0 Å². The van der Waals surface area contributed by atoms with Crippen molar-refractivity contribution in [2.45, 2.75) is 44.5 Å². The molecule has 0 saturated heterocycles. The Morgan fingerprint density at radius 2 is 2.00 bits per heavy atom. The minimum atomic E-state index is -1.47. The Kier molecular flexibility index (Phi) is 7.84. The zero-order chi connectivity index (χ0) is 15.8. The van der Waals surface area contributed by atoms with Crippen LogP contribution in [0.15, 0.2) is 12.1 Å². The summed E-state index contributed by atoms with van der Waals surface area (Å²) in [7, 11) is 0. The fourth-order valence-electron chi connectivity index (χ4n) is 1.75. The van der Waals surface area contributed by atoms with E-state index in [0.29, 0.717) is 4.88 Å². The molecule has 7 heteroatoms. The zero-order valence-corrected chi connectivity index (χ0v) is 12.8. The number of aryl methyl sites for hydroxylation is 1. The summed E-state index contributed by atoms with van der Waals surface area (Å²) >= 11 is 1.38. The molecule has 0 amide bonds. The lowest BCUT2D eigenvalue weighted by Gasteiger charge is -2.21. The van der Waals surface area contributed by atoms with Gasteiger partial charge in [-0.2, -0.15) is 0 Å². The summed E-state index contributed by atoms with van der Waals surface area (Å²) < 4.78 is 5.01. The van der Waals surface area contributed by atoms with Gasteiger partial charge in [-0.3, -0.25) is 0 Å². The lowest BCUT2D eigenvalue weighted by molar-refractivity contribution is -0.0820. The standard InChI is InChI=1S/C14H22O6S/c1-2-3-9-4-5-12(21-9)14(19)20-7-6-10(16)13(18)11(17)8-15/h4-5,10-11,13,15-18H,2-3,6-8H2,1H3. The second-order valence-corrected chi connectivity index (χ2v) is 5.92. The SMILES string of the molecule is CCCc1ccc(C(=O)OCCC(O)C(O)C(O)CO)s1.